The Morgan fingerprint density at radius 3 is 2.56 bits per heavy atom. The molecule has 0 unspecified atom stereocenters. The highest BCUT2D eigenvalue weighted by Crippen LogP contribution is 2.17. The van der Waals surface area contributed by atoms with Gasteiger partial charge in [0, 0.05) is 19.7 Å². The monoisotopic (exact) mass is 259 g/mol. The Morgan fingerprint density at radius 1 is 1.17 bits per heavy atom. The molecule has 108 valence electrons. The zero-order valence-electron chi connectivity index (χ0n) is 11.6. The predicted molar refractivity (Wildman–Crippen MR) is 72.4 cm³/mol. The summed E-state index contributed by atoms with van der Waals surface area (Å²) in [5.74, 6) is 0.346. The third-order valence-electron chi connectivity index (χ3n) is 3.87. The van der Waals surface area contributed by atoms with Crippen LogP contribution in [0.25, 0.3) is 0 Å². The van der Waals surface area contributed by atoms with Crippen LogP contribution in [0.15, 0.2) is 0 Å². The van der Waals surface area contributed by atoms with E-state index in [1.807, 2.05) is 0 Å². The fourth-order valence-electron chi connectivity index (χ4n) is 2.59. The molecule has 1 heterocycles. The molecule has 0 spiro atoms. The van der Waals surface area contributed by atoms with E-state index < -0.39 is 12.2 Å². The lowest BCUT2D eigenvalue weighted by atomic mass is 10.0. The van der Waals surface area contributed by atoms with Gasteiger partial charge in [0.05, 0.1) is 12.2 Å². The fraction of sp³-hybridized carbons (Fsp3) is 1.00. The van der Waals surface area contributed by atoms with Gasteiger partial charge in [0.2, 0.25) is 0 Å². The van der Waals surface area contributed by atoms with E-state index in [0.29, 0.717) is 18.9 Å². The summed E-state index contributed by atoms with van der Waals surface area (Å²) in [7, 11) is 0. The van der Waals surface area contributed by atoms with Crippen molar-refractivity contribution in [2.24, 2.45) is 5.92 Å². The van der Waals surface area contributed by atoms with Crippen LogP contribution < -0.4 is 0 Å². The van der Waals surface area contributed by atoms with Crippen LogP contribution in [-0.4, -0.2) is 58.7 Å². The molecular weight excluding hydrogens is 230 g/mol. The quantitative estimate of drug-likeness (QED) is 0.540. The first-order valence-corrected chi connectivity index (χ1v) is 7.36. The van der Waals surface area contributed by atoms with Gasteiger partial charge < -0.3 is 20.2 Å². The normalized spacial score (nSPS) is 24.3. The van der Waals surface area contributed by atoms with E-state index in [0.717, 1.165) is 32.4 Å². The smallest absolute Gasteiger partial charge is 0.0925 e. The summed E-state index contributed by atoms with van der Waals surface area (Å²) in [5, 5.41) is 28.9. The van der Waals surface area contributed by atoms with Crippen molar-refractivity contribution in [1.82, 2.24) is 4.90 Å². The van der Waals surface area contributed by atoms with Crippen molar-refractivity contribution in [3.8, 4) is 0 Å². The van der Waals surface area contributed by atoms with Gasteiger partial charge in [0.1, 0.15) is 0 Å². The molecule has 1 aliphatic rings. The maximum absolute atomic E-state index is 9.94. The van der Waals surface area contributed by atoms with Crippen molar-refractivity contribution in [2.45, 2.75) is 57.7 Å². The molecule has 0 saturated carbocycles. The maximum Gasteiger partial charge on any atom is 0.0925 e. The molecule has 18 heavy (non-hydrogen) atoms. The molecule has 0 aromatic carbocycles. The molecule has 1 rings (SSSR count). The third-order valence-corrected chi connectivity index (χ3v) is 3.87. The molecule has 0 amide bonds. The number of aliphatic hydroxyl groups is 3. The summed E-state index contributed by atoms with van der Waals surface area (Å²) in [6.07, 6.45) is 4.96. The summed E-state index contributed by atoms with van der Waals surface area (Å²) < 4.78 is 0. The average molecular weight is 259 g/mol. The van der Waals surface area contributed by atoms with Gasteiger partial charge in [-0.2, -0.15) is 0 Å². The van der Waals surface area contributed by atoms with Crippen LogP contribution in [0.2, 0.25) is 0 Å². The summed E-state index contributed by atoms with van der Waals surface area (Å²) >= 11 is 0. The van der Waals surface area contributed by atoms with Gasteiger partial charge in [0.15, 0.2) is 0 Å². The molecule has 1 saturated heterocycles. The fourth-order valence-corrected chi connectivity index (χ4v) is 2.59. The van der Waals surface area contributed by atoms with Crippen molar-refractivity contribution in [3.05, 3.63) is 0 Å². The van der Waals surface area contributed by atoms with Gasteiger partial charge in [-0.3, -0.25) is 0 Å². The molecule has 1 aliphatic heterocycles. The number of likely N-dealkylation sites (tertiary alicyclic amines) is 1. The Morgan fingerprint density at radius 2 is 1.94 bits per heavy atom. The SMILES string of the molecule is CCCCCC[C@H](O)[C@H](O)CN1CC[C@H](CO)C1. The molecule has 4 heteroatoms. The second kappa shape index (κ2) is 8.86. The lowest BCUT2D eigenvalue weighted by molar-refractivity contribution is -0.00465. The minimum absolute atomic E-state index is 0.228. The molecule has 0 aromatic heterocycles. The number of hydrogen-bond acceptors (Lipinski definition) is 4. The van der Waals surface area contributed by atoms with Crippen molar-refractivity contribution in [2.75, 3.05) is 26.2 Å². The van der Waals surface area contributed by atoms with Gasteiger partial charge in [-0.25, -0.2) is 0 Å². The molecule has 0 aromatic rings. The number of unbranched alkanes of at least 4 members (excludes halogenated alkanes) is 3. The topological polar surface area (TPSA) is 63.9 Å². The van der Waals surface area contributed by atoms with Crippen LogP contribution in [0.3, 0.4) is 0 Å². The number of hydrogen-bond donors (Lipinski definition) is 3. The van der Waals surface area contributed by atoms with Crippen LogP contribution in [0, 0.1) is 5.92 Å². The van der Waals surface area contributed by atoms with Gasteiger partial charge in [-0.15, -0.1) is 0 Å². The number of nitrogens with zero attached hydrogens (tertiary/aromatic N) is 1. The Hall–Kier alpha value is -0.160. The first kappa shape index (κ1) is 15.9. The zero-order valence-corrected chi connectivity index (χ0v) is 11.6. The second-order valence-corrected chi connectivity index (χ2v) is 5.58. The highest BCUT2D eigenvalue weighted by Gasteiger charge is 2.25. The van der Waals surface area contributed by atoms with Crippen LogP contribution in [0.1, 0.15) is 45.4 Å². The van der Waals surface area contributed by atoms with E-state index in [2.05, 4.69) is 11.8 Å². The first-order chi connectivity index (χ1) is 8.67. The van der Waals surface area contributed by atoms with Gasteiger partial charge in [-0.1, -0.05) is 32.6 Å². The summed E-state index contributed by atoms with van der Waals surface area (Å²) in [6.45, 7) is 4.69. The average Bonchev–Trinajstić information content (AvgIpc) is 2.82. The number of rotatable bonds is 9. The zero-order chi connectivity index (χ0) is 13.4. The van der Waals surface area contributed by atoms with Crippen molar-refractivity contribution < 1.29 is 15.3 Å². The molecule has 3 atom stereocenters. The highest BCUT2D eigenvalue weighted by molar-refractivity contribution is 4.79. The van der Waals surface area contributed by atoms with Gasteiger partial charge in [0.25, 0.3) is 0 Å². The summed E-state index contributed by atoms with van der Waals surface area (Å²) in [6, 6.07) is 0. The van der Waals surface area contributed by atoms with E-state index in [4.69, 9.17) is 5.11 Å². The Labute approximate surface area is 111 Å². The van der Waals surface area contributed by atoms with E-state index in [-0.39, 0.29) is 6.61 Å². The van der Waals surface area contributed by atoms with Crippen LogP contribution in [0.5, 0.6) is 0 Å². The molecular formula is C14H29NO3. The lowest BCUT2D eigenvalue weighted by Crippen LogP contribution is -2.38. The second-order valence-electron chi connectivity index (χ2n) is 5.58. The molecule has 4 nitrogen and oxygen atoms in total. The van der Waals surface area contributed by atoms with E-state index in [1.165, 1.54) is 12.8 Å². The van der Waals surface area contributed by atoms with E-state index in [9.17, 15) is 10.2 Å². The Balaban J connectivity index is 2.13. The molecule has 0 bridgehead atoms. The minimum Gasteiger partial charge on any atom is -0.396 e. The number of β-amino-alcohol motifs (C(OH)–C–C–N with tert-alkyl or cyclic N) is 1. The largest absolute Gasteiger partial charge is 0.396 e. The minimum atomic E-state index is -0.649. The van der Waals surface area contributed by atoms with Crippen molar-refractivity contribution >= 4 is 0 Å². The predicted octanol–water partition coefficient (Wildman–Crippen LogP) is 0.993. The molecule has 0 aliphatic carbocycles. The van der Waals surface area contributed by atoms with E-state index >= 15 is 0 Å². The third kappa shape index (κ3) is 5.65. The Kier molecular flexibility index (Phi) is 7.82. The van der Waals surface area contributed by atoms with Crippen LogP contribution >= 0.6 is 0 Å². The van der Waals surface area contributed by atoms with Crippen LogP contribution in [-0.2, 0) is 0 Å². The highest BCUT2D eigenvalue weighted by atomic mass is 16.3. The molecule has 1 fully saturated rings. The van der Waals surface area contributed by atoms with Crippen LogP contribution in [0.4, 0.5) is 0 Å². The van der Waals surface area contributed by atoms with Crippen molar-refractivity contribution in [3.63, 3.8) is 0 Å². The summed E-state index contributed by atoms with van der Waals surface area (Å²) in [4.78, 5) is 2.14. The first-order valence-electron chi connectivity index (χ1n) is 7.36. The lowest BCUT2D eigenvalue weighted by Gasteiger charge is -2.23. The van der Waals surface area contributed by atoms with Gasteiger partial charge >= 0.3 is 0 Å². The van der Waals surface area contributed by atoms with E-state index in [1.54, 1.807) is 0 Å². The summed E-state index contributed by atoms with van der Waals surface area (Å²) in [5.41, 5.74) is 0. The Bertz CT molecular complexity index is 213. The van der Waals surface area contributed by atoms with Crippen molar-refractivity contribution in [1.29, 1.82) is 0 Å². The molecule has 3 N–H and O–H groups in total. The molecule has 0 radical (unpaired) electrons. The number of aliphatic hydroxyl groups excluding tert-OH is 3. The maximum atomic E-state index is 9.94. The standard InChI is InChI=1S/C14H29NO3/c1-2-3-4-5-6-13(17)14(18)10-15-8-7-12(9-15)11-16/h12-14,16-18H,2-11H2,1H3/t12-,13-,14+/m0/s1. The van der Waals surface area contributed by atoms with Gasteiger partial charge in [-0.05, 0) is 25.3 Å².